The molecule has 5 nitrogen and oxygen atoms in total. The number of alkyl halides is 3. The van der Waals surface area contributed by atoms with Gasteiger partial charge in [0.15, 0.2) is 5.69 Å². The van der Waals surface area contributed by atoms with Gasteiger partial charge >= 0.3 is 6.18 Å². The van der Waals surface area contributed by atoms with Gasteiger partial charge < -0.3 is 10.1 Å². The first-order valence-corrected chi connectivity index (χ1v) is 8.59. The number of halogens is 3. The minimum absolute atomic E-state index is 0.00394. The molecule has 0 bridgehead atoms. The van der Waals surface area contributed by atoms with Gasteiger partial charge in [-0.15, -0.1) is 0 Å². The van der Waals surface area contributed by atoms with Gasteiger partial charge in [-0.3, -0.25) is 4.79 Å². The number of aryl methyl sites for hydroxylation is 2. The van der Waals surface area contributed by atoms with Crippen LogP contribution in [0.4, 0.5) is 18.9 Å². The molecular weight excluding hydrogens is 371 g/mol. The molecule has 1 amide bonds. The summed E-state index contributed by atoms with van der Waals surface area (Å²) in [5.41, 5.74) is 2.13. The van der Waals surface area contributed by atoms with E-state index < -0.39 is 17.6 Å². The van der Waals surface area contributed by atoms with E-state index in [-0.39, 0.29) is 23.9 Å². The number of carbonyl (C=O) groups excluding carboxylic acids is 1. The fraction of sp³-hybridized carbons (Fsp3) is 0.250. The second kappa shape index (κ2) is 7.46. The molecule has 0 saturated carbocycles. The van der Waals surface area contributed by atoms with Gasteiger partial charge in [0.25, 0.3) is 5.91 Å². The van der Waals surface area contributed by atoms with Crippen LogP contribution in [0.1, 0.15) is 34.1 Å². The average molecular weight is 389 g/mol. The lowest BCUT2D eigenvalue weighted by molar-refractivity contribution is -0.137. The van der Waals surface area contributed by atoms with E-state index in [0.717, 1.165) is 23.3 Å². The molecule has 146 valence electrons. The molecule has 0 radical (unpaired) electrons. The molecule has 1 heterocycles. The van der Waals surface area contributed by atoms with Crippen LogP contribution in [0.25, 0.3) is 11.0 Å². The Morgan fingerprint density at radius 2 is 1.71 bits per heavy atom. The van der Waals surface area contributed by atoms with Crippen LogP contribution < -0.4 is 10.1 Å². The zero-order valence-corrected chi connectivity index (χ0v) is 15.5. The number of rotatable bonds is 4. The number of nitrogens with zero attached hydrogens (tertiary/aromatic N) is 2. The van der Waals surface area contributed by atoms with Gasteiger partial charge in [0.2, 0.25) is 5.88 Å². The molecule has 0 aliphatic rings. The van der Waals surface area contributed by atoms with Crippen molar-refractivity contribution in [2.24, 2.45) is 0 Å². The molecular formula is C20H18F3N3O2. The van der Waals surface area contributed by atoms with Gasteiger partial charge in [0.05, 0.1) is 23.2 Å². The van der Waals surface area contributed by atoms with Crippen LogP contribution in [-0.4, -0.2) is 22.5 Å². The Balaban J connectivity index is 2.00. The predicted molar refractivity (Wildman–Crippen MR) is 99.6 cm³/mol. The molecule has 1 N–H and O–H groups in total. The molecule has 0 spiro atoms. The summed E-state index contributed by atoms with van der Waals surface area (Å²) >= 11 is 0. The highest BCUT2D eigenvalue weighted by atomic mass is 19.4. The molecule has 0 unspecified atom stereocenters. The Kier molecular flexibility index (Phi) is 5.22. The van der Waals surface area contributed by atoms with E-state index in [0.29, 0.717) is 11.0 Å². The first-order valence-electron chi connectivity index (χ1n) is 8.59. The Morgan fingerprint density at radius 1 is 1.07 bits per heavy atom. The van der Waals surface area contributed by atoms with Gasteiger partial charge in [0, 0.05) is 5.69 Å². The second-order valence-electron chi connectivity index (χ2n) is 6.27. The van der Waals surface area contributed by atoms with E-state index in [1.54, 1.807) is 13.0 Å². The van der Waals surface area contributed by atoms with Gasteiger partial charge in [0.1, 0.15) is 0 Å². The van der Waals surface area contributed by atoms with E-state index in [1.165, 1.54) is 12.1 Å². The lowest BCUT2D eigenvalue weighted by Crippen LogP contribution is -2.17. The monoisotopic (exact) mass is 389 g/mol. The highest BCUT2D eigenvalue weighted by molar-refractivity contribution is 6.05. The molecule has 28 heavy (non-hydrogen) atoms. The van der Waals surface area contributed by atoms with E-state index in [1.807, 2.05) is 19.9 Å². The van der Waals surface area contributed by atoms with Gasteiger partial charge in [-0.25, -0.2) is 9.97 Å². The SMILES string of the molecule is CCOc1nc2cc(C)c(C)cc2nc1C(=O)Nc1cccc(C(F)(F)F)c1. The number of anilines is 1. The van der Waals surface area contributed by atoms with Crippen LogP contribution >= 0.6 is 0 Å². The third-order valence-electron chi connectivity index (χ3n) is 4.19. The van der Waals surface area contributed by atoms with Crippen LogP contribution in [0.15, 0.2) is 36.4 Å². The molecule has 0 aliphatic heterocycles. The number of amides is 1. The number of hydrogen-bond acceptors (Lipinski definition) is 4. The topological polar surface area (TPSA) is 64.1 Å². The minimum Gasteiger partial charge on any atom is -0.476 e. The first-order chi connectivity index (χ1) is 13.2. The lowest BCUT2D eigenvalue weighted by Gasteiger charge is -2.12. The van der Waals surface area contributed by atoms with Crippen molar-refractivity contribution in [1.29, 1.82) is 0 Å². The van der Waals surface area contributed by atoms with E-state index in [4.69, 9.17) is 4.74 Å². The Labute approximate surface area is 159 Å². The molecule has 0 saturated heterocycles. The summed E-state index contributed by atoms with van der Waals surface area (Å²) in [6.07, 6.45) is -4.50. The van der Waals surface area contributed by atoms with Crippen molar-refractivity contribution in [2.75, 3.05) is 11.9 Å². The number of fused-ring (bicyclic) bond motifs is 1. The van der Waals surface area contributed by atoms with Crippen molar-refractivity contribution in [3.05, 3.63) is 58.8 Å². The highest BCUT2D eigenvalue weighted by Gasteiger charge is 2.30. The smallest absolute Gasteiger partial charge is 0.416 e. The third-order valence-corrected chi connectivity index (χ3v) is 4.19. The second-order valence-corrected chi connectivity index (χ2v) is 6.27. The number of hydrogen-bond donors (Lipinski definition) is 1. The molecule has 0 atom stereocenters. The maximum Gasteiger partial charge on any atom is 0.416 e. The van der Waals surface area contributed by atoms with Crippen molar-refractivity contribution in [3.8, 4) is 5.88 Å². The summed E-state index contributed by atoms with van der Waals surface area (Å²) in [6, 6.07) is 8.03. The van der Waals surface area contributed by atoms with Crippen LogP contribution in [0.5, 0.6) is 5.88 Å². The van der Waals surface area contributed by atoms with Gasteiger partial charge in [-0.05, 0) is 62.2 Å². The standard InChI is InChI=1S/C20H18F3N3O2/c1-4-28-19-17(25-15-8-11(2)12(3)9-16(15)26-19)18(27)24-14-7-5-6-13(10-14)20(21,22)23/h5-10H,4H2,1-3H3,(H,24,27). The minimum atomic E-state index is -4.50. The Hall–Kier alpha value is -3.16. The molecule has 0 aliphatic carbocycles. The molecule has 8 heteroatoms. The summed E-state index contributed by atoms with van der Waals surface area (Å²) in [6.45, 7) is 5.84. The zero-order chi connectivity index (χ0) is 20.5. The largest absolute Gasteiger partial charge is 0.476 e. The average Bonchev–Trinajstić information content (AvgIpc) is 2.62. The first kappa shape index (κ1) is 19.6. The van der Waals surface area contributed by atoms with Crippen molar-refractivity contribution in [3.63, 3.8) is 0 Å². The molecule has 0 fully saturated rings. The van der Waals surface area contributed by atoms with Crippen molar-refractivity contribution in [2.45, 2.75) is 26.9 Å². The quantitative estimate of drug-likeness (QED) is 0.688. The fourth-order valence-corrected chi connectivity index (χ4v) is 2.64. The summed E-state index contributed by atoms with van der Waals surface area (Å²) in [5, 5.41) is 2.44. The van der Waals surface area contributed by atoms with Crippen molar-refractivity contribution in [1.82, 2.24) is 9.97 Å². The Bertz CT molecular complexity index is 1050. The summed E-state index contributed by atoms with van der Waals surface area (Å²) in [4.78, 5) is 21.4. The number of benzene rings is 2. The number of aromatic nitrogens is 2. The number of carbonyl (C=O) groups is 1. The predicted octanol–water partition coefficient (Wildman–Crippen LogP) is 4.92. The highest BCUT2D eigenvalue weighted by Crippen LogP contribution is 2.31. The zero-order valence-electron chi connectivity index (χ0n) is 15.5. The van der Waals surface area contributed by atoms with E-state index in [9.17, 15) is 18.0 Å². The molecule has 2 aromatic carbocycles. The maximum atomic E-state index is 12.9. The summed E-state index contributed by atoms with van der Waals surface area (Å²) in [7, 11) is 0. The van der Waals surface area contributed by atoms with Crippen LogP contribution in [0.2, 0.25) is 0 Å². The van der Waals surface area contributed by atoms with Crippen LogP contribution in [-0.2, 0) is 6.18 Å². The third kappa shape index (κ3) is 4.05. The normalized spacial score (nSPS) is 11.5. The van der Waals surface area contributed by atoms with Gasteiger partial charge in [-0.2, -0.15) is 13.2 Å². The van der Waals surface area contributed by atoms with Crippen LogP contribution in [0.3, 0.4) is 0 Å². The molecule has 1 aromatic heterocycles. The number of nitrogens with one attached hydrogen (secondary N) is 1. The lowest BCUT2D eigenvalue weighted by atomic mass is 10.1. The Morgan fingerprint density at radius 3 is 2.32 bits per heavy atom. The van der Waals surface area contributed by atoms with Crippen molar-refractivity contribution >= 4 is 22.6 Å². The maximum absolute atomic E-state index is 12.9. The fourth-order valence-electron chi connectivity index (χ4n) is 2.64. The van der Waals surface area contributed by atoms with E-state index >= 15 is 0 Å². The van der Waals surface area contributed by atoms with Crippen molar-refractivity contribution < 1.29 is 22.7 Å². The van der Waals surface area contributed by atoms with Crippen LogP contribution in [0, 0.1) is 13.8 Å². The molecule has 3 aromatic rings. The van der Waals surface area contributed by atoms with Gasteiger partial charge in [-0.1, -0.05) is 6.07 Å². The summed E-state index contributed by atoms with van der Waals surface area (Å²) in [5.74, 6) is -0.668. The molecule has 3 rings (SSSR count). The number of ether oxygens (including phenoxy) is 1. The summed E-state index contributed by atoms with van der Waals surface area (Å²) < 4.78 is 44.1. The van der Waals surface area contributed by atoms with E-state index in [2.05, 4.69) is 15.3 Å².